The third-order valence-corrected chi connectivity index (χ3v) is 9.31. The third kappa shape index (κ3) is 8.18. The smallest absolute Gasteiger partial charge is 0.407 e. The summed E-state index contributed by atoms with van der Waals surface area (Å²) in [6.45, 7) is 6.10. The molecule has 0 unspecified atom stereocenters. The number of rotatable bonds is 12. The maximum absolute atomic E-state index is 12.0. The Morgan fingerprint density at radius 3 is 2.47 bits per heavy atom. The third-order valence-electron chi connectivity index (χ3n) is 8.30. The molecular weight excluding hydrogens is 643 g/mol. The van der Waals surface area contributed by atoms with Crippen molar-refractivity contribution in [2.24, 2.45) is 5.92 Å². The van der Waals surface area contributed by atoms with Crippen molar-refractivity contribution in [3.8, 4) is 22.6 Å². The summed E-state index contributed by atoms with van der Waals surface area (Å²) < 4.78 is 20.0. The zero-order valence-electron chi connectivity index (χ0n) is 26.9. The van der Waals surface area contributed by atoms with Gasteiger partial charge >= 0.3 is 6.09 Å². The largest absolute Gasteiger partial charge is 0.508 e. The van der Waals surface area contributed by atoms with Gasteiger partial charge in [0.25, 0.3) is 0 Å². The number of benzene rings is 4. The number of nitrogens with zero attached hydrogens (tertiary/aromatic N) is 4. The second-order valence-electron chi connectivity index (χ2n) is 11.5. The van der Waals surface area contributed by atoms with Crippen LogP contribution in [0.2, 0.25) is 0 Å². The molecule has 1 saturated heterocycles. The van der Waals surface area contributed by atoms with E-state index in [1.165, 1.54) is 17.8 Å². The number of ether oxygens (including phenoxy) is 3. The molecule has 0 saturated carbocycles. The maximum Gasteiger partial charge on any atom is 0.407 e. The van der Waals surface area contributed by atoms with E-state index in [-0.39, 0.29) is 37.1 Å². The minimum Gasteiger partial charge on any atom is -0.508 e. The van der Waals surface area contributed by atoms with Crippen molar-refractivity contribution >= 4 is 17.9 Å². The van der Waals surface area contributed by atoms with Crippen LogP contribution < -0.4 is 5.32 Å². The number of thioether (sulfide) groups is 1. The summed E-state index contributed by atoms with van der Waals surface area (Å²) in [6, 6.07) is 30.4. The monoisotopic (exact) mass is 679 g/mol. The average molecular weight is 680 g/mol. The molecule has 11 nitrogen and oxygen atoms in total. The molecule has 2 heterocycles. The van der Waals surface area contributed by atoms with Crippen LogP contribution in [0.4, 0.5) is 4.79 Å². The van der Waals surface area contributed by atoms with Gasteiger partial charge in [0, 0.05) is 23.8 Å². The van der Waals surface area contributed by atoms with Crippen molar-refractivity contribution in [2.75, 3.05) is 12.4 Å². The van der Waals surface area contributed by atoms with Crippen molar-refractivity contribution in [3.63, 3.8) is 0 Å². The molecule has 0 aliphatic carbocycles. The van der Waals surface area contributed by atoms with Gasteiger partial charge in [-0.05, 0) is 62.5 Å². The SMILES string of the molecule is C=CCOC(=O)NCc1ccccc1-c1ccc([C@@H]2O[C@H](CSc3nnnn3-c3ccc(O)cc3)[C@H](C)[C@H](c3ccc(CO)cc3)O2)cc1. The number of phenolic OH excluding ortho intramolecular Hbond substituents is 1. The van der Waals surface area contributed by atoms with E-state index >= 15 is 0 Å². The number of aliphatic hydroxyl groups excluding tert-OH is 1. The van der Waals surface area contributed by atoms with Gasteiger partial charge in [0.05, 0.1) is 24.5 Å². The van der Waals surface area contributed by atoms with E-state index in [9.17, 15) is 15.0 Å². The first-order valence-corrected chi connectivity index (χ1v) is 16.8. The summed E-state index contributed by atoms with van der Waals surface area (Å²) in [6.07, 6.45) is -0.143. The van der Waals surface area contributed by atoms with E-state index in [0.29, 0.717) is 17.5 Å². The summed E-state index contributed by atoms with van der Waals surface area (Å²) >= 11 is 1.48. The second-order valence-corrected chi connectivity index (χ2v) is 12.5. The van der Waals surface area contributed by atoms with E-state index in [2.05, 4.69) is 34.3 Å². The van der Waals surface area contributed by atoms with Crippen molar-refractivity contribution in [2.45, 2.75) is 43.7 Å². The van der Waals surface area contributed by atoms with Crippen LogP contribution in [0.1, 0.15) is 41.6 Å². The summed E-state index contributed by atoms with van der Waals surface area (Å²) in [5, 5.41) is 35.0. The van der Waals surface area contributed by atoms with Gasteiger partial charge in [-0.2, -0.15) is 4.68 Å². The molecule has 1 aliphatic rings. The van der Waals surface area contributed by atoms with Crippen LogP contribution in [0.3, 0.4) is 0 Å². The predicted molar refractivity (Wildman–Crippen MR) is 185 cm³/mol. The fourth-order valence-electron chi connectivity index (χ4n) is 5.62. The van der Waals surface area contributed by atoms with Crippen LogP contribution in [0.5, 0.6) is 5.75 Å². The van der Waals surface area contributed by atoms with Gasteiger partial charge in [0.1, 0.15) is 12.4 Å². The van der Waals surface area contributed by atoms with E-state index in [0.717, 1.165) is 39.1 Å². The number of aromatic hydroxyl groups is 1. The van der Waals surface area contributed by atoms with Crippen LogP contribution in [-0.4, -0.2) is 55.0 Å². The Labute approximate surface area is 288 Å². The first-order valence-electron chi connectivity index (χ1n) is 15.8. The van der Waals surface area contributed by atoms with E-state index in [4.69, 9.17) is 14.2 Å². The lowest BCUT2D eigenvalue weighted by Crippen LogP contribution is -2.38. The molecule has 1 aromatic heterocycles. The van der Waals surface area contributed by atoms with Gasteiger partial charge in [-0.3, -0.25) is 0 Å². The quantitative estimate of drug-likeness (QED) is 0.0986. The standard InChI is InChI=1S/C37H37N5O6S/c1-3-20-46-37(45)38-21-29-6-4-5-7-32(29)26-12-14-28(15-13-26)35-47-33(24(2)34(48-35)27-10-8-25(22-43)9-11-27)23-49-36-39-40-41-42(36)30-16-18-31(44)19-17-30/h3-19,24,33-35,43-44H,1,20-23H2,2H3,(H,38,45)/t24-,33+,34+,35+/m0/s1. The van der Waals surface area contributed by atoms with Gasteiger partial charge in [0.15, 0.2) is 6.29 Å². The van der Waals surface area contributed by atoms with Crippen molar-refractivity contribution in [3.05, 3.63) is 132 Å². The normalized spacial score (nSPS) is 18.9. The topological polar surface area (TPSA) is 141 Å². The van der Waals surface area contributed by atoms with Crippen LogP contribution in [0, 0.1) is 5.92 Å². The van der Waals surface area contributed by atoms with Gasteiger partial charge < -0.3 is 29.7 Å². The van der Waals surface area contributed by atoms with Gasteiger partial charge in [0.2, 0.25) is 5.16 Å². The molecular formula is C37H37N5O6S. The van der Waals surface area contributed by atoms with Crippen molar-refractivity contribution < 1.29 is 29.2 Å². The van der Waals surface area contributed by atoms with Gasteiger partial charge in [-0.25, -0.2) is 4.79 Å². The zero-order chi connectivity index (χ0) is 34.2. The number of nitrogens with one attached hydrogen (secondary N) is 1. The van der Waals surface area contributed by atoms with Crippen LogP contribution in [0.25, 0.3) is 16.8 Å². The molecule has 1 amide bonds. The molecule has 1 fully saturated rings. The van der Waals surface area contributed by atoms with Gasteiger partial charge in [-0.15, -0.1) is 5.10 Å². The first kappa shape index (κ1) is 33.9. The fourth-order valence-corrected chi connectivity index (χ4v) is 6.67. The highest BCUT2D eigenvalue weighted by atomic mass is 32.2. The average Bonchev–Trinajstić information content (AvgIpc) is 3.62. The Kier molecular flexibility index (Phi) is 11.0. The number of carbonyl (C=O) groups excluding carboxylic acids is 1. The molecule has 4 aromatic carbocycles. The molecule has 6 rings (SSSR count). The molecule has 12 heteroatoms. The number of tetrazole rings is 1. The van der Waals surface area contributed by atoms with E-state index < -0.39 is 12.4 Å². The van der Waals surface area contributed by atoms with E-state index in [1.807, 2.05) is 72.8 Å². The minimum atomic E-state index is -0.650. The number of phenols is 1. The molecule has 5 aromatic rings. The highest BCUT2D eigenvalue weighted by Crippen LogP contribution is 2.43. The van der Waals surface area contributed by atoms with Crippen LogP contribution in [-0.2, 0) is 27.4 Å². The summed E-state index contributed by atoms with van der Waals surface area (Å²) in [5.74, 6) is 0.687. The Morgan fingerprint density at radius 1 is 1.00 bits per heavy atom. The molecule has 4 atom stereocenters. The highest BCUT2D eigenvalue weighted by Gasteiger charge is 2.38. The zero-order valence-corrected chi connectivity index (χ0v) is 27.7. The molecule has 0 bridgehead atoms. The van der Waals surface area contributed by atoms with Crippen LogP contribution in [0.15, 0.2) is 115 Å². The number of amides is 1. The lowest BCUT2D eigenvalue weighted by atomic mass is 9.91. The lowest BCUT2D eigenvalue weighted by Gasteiger charge is -2.41. The molecule has 3 N–H and O–H groups in total. The number of hydrogen-bond acceptors (Lipinski definition) is 10. The molecule has 49 heavy (non-hydrogen) atoms. The Bertz CT molecular complexity index is 1850. The fraction of sp³-hybridized carbons (Fsp3) is 0.243. The summed E-state index contributed by atoms with van der Waals surface area (Å²) in [4.78, 5) is 12.0. The lowest BCUT2D eigenvalue weighted by molar-refractivity contribution is -0.268. The maximum atomic E-state index is 12.0. The number of carbonyl (C=O) groups is 1. The number of hydrogen-bond donors (Lipinski definition) is 3. The van der Waals surface area contributed by atoms with Crippen molar-refractivity contribution in [1.82, 2.24) is 25.5 Å². The highest BCUT2D eigenvalue weighted by molar-refractivity contribution is 7.99. The van der Waals surface area contributed by atoms with E-state index in [1.54, 1.807) is 28.9 Å². The Hall–Kier alpha value is -5.01. The Morgan fingerprint density at radius 2 is 1.73 bits per heavy atom. The predicted octanol–water partition coefficient (Wildman–Crippen LogP) is 6.52. The second kappa shape index (κ2) is 15.9. The number of aromatic nitrogens is 4. The first-order chi connectivity index (χ1) is 23.9. The molecule has 0 spiro atoms. The Balaban J connectivity index is 1.22. The van der Waals surface area contributed by atoms with Crippen molar-refractivity contribution in [1.29, 1.82) is 0 Å². The molecule has 1 aliphatic heterocycles. The molecule has 0 radical (unpaired) electrons. The number of aliphatic hydroxyl groups is 1. The molecule has 252 valence electrons. The minimum absolute atomic E-state index is 0.0291. The summed E-state index contributed by atoms with van der Waals surface area (Å²) in [5.41, 5.74) is 6.33. The summed E-state index contributed by atoms with van der Waals surface area (Å²) in [7, 11) is 0. The number of alkyl carbamates (subject to hydrolysis) is 1. The van der Waals surface area contributed by atoms with Gasteiger partial charge in [-0.1, -0.05) is 104 Å². The van der Waals surface area contributed by atoms with Crippen LogP contribution >= 0.6 is 11.8 Å².